The number of amides is 1. The first kappa shape index (κ1) is 24.0. The number of methoxy groups -OCH3 is 1. The second kappa shape index (κ2) is 9.72. The highest BCUT2D eigenvalue weighted by atomic mass is 32.2. The van der Waals surface area contributed by atoms with Crippen molar-refractivity contribution in [2.45, 2.75) is 23.6 Å². The number of sulfonamides is 1. The molecule has 0 aliphatic carbocycles. The van der Waals surface area contributed by atoms with Crippen LogP contribution in [0.1, 0.15) is 12.8 Å². The summed E-state index contributed by atoms with van der Waals surface area (Å²) in [4.78, 5) is 30.0. The number of carbonyl (C=O) groups excluding carboxylic acids is 2. The van der Waals surface area contributed by atoms with Crippen molar-refractivity contribution in [2.24, 2.45) is 10.9 Å². The molecule has 13 heteroatoms. The molecule has 4 heterocycles. The van der Waals surface area contributed by atoms with Crippen LogP contribution in [-0.2, 0) is 30.9 Å². The molecule has 1 unspecified atom stereocenters. The highest BCUT2D eigenvalue weighted by Gasteiger charge is 2.34. The molecule has 1 saturated heterocycles. The molecule has 0 spiro atoms. The van der Waals surface area contributed by atoms with E-state index in [0.29, 0.717) is 54.4 Å². The molecule has 5 rings (SSSR count). The van der Waals surface area contributed by atoms with Crippen LogP contribution in [0.5, 0.6) is 11.5 Å². The maximum Gasteiger partial charge on any atom is 0.325 e. The first-order valence-corrected chi connectivity index (χ1v) is 14.1. The van der Waals surface area contributed by atoms with Crippen LogP contribution in [0, 0.1) is 5.92 Å². The van der Waals surface area contributed by atoms with Gasteiger partial charge in [-0.3, -0.25) is 9.59 Å². The van der Waals surface area contributed by atoms with Gasteiger partial charge in [-0.05, 0) is 24.3 Å². The lowest BCUT2D eigenvalue weighted by Crippen LogP contribution is -2.42. The summed E-state index contributed by atoms with van der Waals surface area (Å²) in [6, 6.07) is 6.83. The summed E-state index contributed by atoms with van der Waals surface area (Å²) in [5.74, 6) is -0.331. The smallest absolute Gasteiger partial charge is 0.325 e. The standard InChI is InChI=1S/C22H23N3O7S3/c1-30-19(26)13-25-15-10-16-17(32-8-7-31-16)11-18(15)34-22(25)23-21(27)14-4-2-6-24(12-14)35(28,29)20-5-3-9-33-20/h3,5,9-11,14H,2,4,6-8,12-13H2,1H3. The third-order valence-electron chi connectivity index (χ3n) is 5.89. The third-order valence-corrected chi connectivity index (χ3v) is 10.2. The van der Waals surface area contributed by atoms with Crippen LogP contribution in [0.2, 0.25) is 0 Å². The van der Waals surface area contributed by atoms with Crippen molar-refractivity contribution in [1.82, 2.24) is 8.87 Å². The van der Waals surface area contributed by atoms with E-state index in [9.17, 15) is 18.0 Å². The number of esters is 1. The molecule has 1 atom stereocenters. The van der Waals surface area contributed by atoms with E-state index in [-0.39, 0.29) is 17.3 Å². The number of hydrogen-bond acceptors (Lipinski definition) is 9. The zero-order valence-electron chi connectivity index (χ0n) is 18.8. The highest BCUT2D eigenvalue weighted by Crippen LogP contribution is 2.35. The molecule has 0 bridgehead atoms. The topological polar surface area (TPSA) is 116 Å². The Morgan fingerprint density at radius 2 is 2.00 bits per heavy atom. The number of aromatic nitrogens is 1. The summed E-state index contributed by atoms with van der Waals surface area (Å²) < 4.78 is 46.1. The number of thiazole rings is 1. The van der Waals surface area contributed by atoms with Gasteiger partial charge >= 0.3 is 5.97 Å². The van der Waals surface area contributed by atoms with Gasteiger partial charge in [-0.25, -0.2) is 8.42 Å². The molecule has 3 aromatic rings. The summed E-state index contributed by atoms with van der Waals surface area (Å²) in [7, 11) is -2.35. The fourth-order valence-electron chi connectivity index (χ4n) is 4.12. The molecule has 1 fully saturated rings. The Labute approximate surface area is 209 Å². The van der Waals surface area contributed by atoms with E-state index >= 15 is 0 Å². The molecule has 35 heavy (non-hydrogen) atoms. The summed E-state index contributed by atoms with van der Waals surface area (Å²) in [5.41, 5.74) is 0.668. The number of carbonyl (C=O) groups is 2. The van der Waals surface area contributed by atoms with Gasteiger partial charge in [0.2, 0.25) is 0 Å². The lowest BCUT2D eigenvalue weighted by Gasteiger charge is -2.29. The lowest BCUT2D eigenvalue weighted by atomic mass is 9.99. The Hall–Kier alpha value is -2.74. The van der Waals surface area contributed by atoms with Crippen molar-refractivity contribution in [3.8, 4) is 11.5 Å². The molecule has 186 valence electrons. The zero-order chi connectivity index (χ0) is 24.6. The molecule has 2 aliphatic rings. The number of hydrogen-bond donors (Lipinski definition) is 0. The largest absolute Gasteiger partial charge is 0.486 e. The number of fused-ring (bicyclic) bond motifs is 2. The molecule has 2 aromatic heterocycles. The van der Waals surface area contributed by atoms with Crippen LogP contribution in [-0.4, -0.2) is 62.6 Å². The molecule has 2 aliphatic heterocycles. The maximum atomic E-state index is 13.2. The van der Waals surface area contributed by atoms with Crippen LogP contribution in [0.4, 0.5) is 0 Å². The zero-order valence-corrected chi connectivity index (χ0v) is 21.3. The summed E-state index contributed by atoms with van der Waals surface area (Å²) in [6.07, 6.45) is 1.10. The number of ether oxygens (including phenoxy) is 3. The van der Waals surface area contributed by atoms with Crippen molar-refractivity contribution in [2.75, 3.05) is 33.4 Å². The molecule has 1 amide bonds. The second-order valence-electron chi connectivity index (χ2n) is 8.09. The van der Waals surface area contributed by atoms with Crippen LogP contribution < -0.4 is 14.3 Å². The Bertz CT molecular complexity index is 1440. The Morgan fingerprint density at radius 1 is 1.23 bits per heavy atom. The van der Waals surface area contributed by atoms with Gasteiger partial charge in [-0.15, -0.1) is 11.3 Å². The van der Waals surface area contributed by atoms with Crippen LogP contribution in [0.15, 0.2) is 38.8 Å². The third kappa shape index (κ3) is 4.73. The van der Waals surface area contributed by atoms with Crippen molar-refractivity contribution >= 4 is 54.8 Å². The Kier molecular flexibility index (Phi) is 6.66. The average molecular weight is 538 g/mol. The van der Waals surface area contributed by atoms with Gasteiger partial charge in [-0.1, -0.05) is 17.4 Å². The van der Waals surface area contributed by atoms with E-state index in [1.54, 1.807) is 28.1 Å². The summed E-state index contributed by atoms with van der Waals surface area (Å²) >= 11 is 2.40. The number of nitrogens with zero attached hydrogens (tertiary/aromatic N) is 3. The van der Waals surface area contributed by atoms with Crippen LogP contribution >= 0.6 is 22.7 Å². The molecule has 0 N–H and O–H groups in total. The predicted molar refractivity (Wildman–Crippen MR) is 129 cm³/mol. The molecular formula is C22H23N3O7S3. The number of thiophene rings is 1. The number of rotatable bonds is 5. The molecular weight excluding hydrogens is 514 g/mol. The van der Waals surface area contributed by atoms with Crippen molar-refractivity contribution in [3.63, 3.8) is 0 Å². The van der Waals surface area contributed by atoms with Crippen molar-refractivity contribution < 1.29 is 32.2 Å². The van der Waals surface area contributed by atoms with Crippen LogP contribution in [0.25, 0.3) is 10.2 Å². The quantitative estimate of drug-likeness (QED) is 0.458. The minimum Gasteiger partial charge on any atom is -0.486 e. The average Bonchev–Trinajstić information content (AvgIpc) is 3.52. The highest BCUT2D eigenvalue weighted by molar-refractivity contribution is 7.91. The van der Waals surface area contributed by atoms with E-state index in [4.69, 9.17) is 14.2 Å². The second-order valence-corrected chi connectivity index (χ2v) is 12.2. The molecule has 0 radical (unpaired) electrons. The Balaban J connectivity index is 1.49. The van der Waals surface area contributed by atoms with E-state index in [1.807, 2.05) is 6.07 Å². The van der Waals surface area contributed by atoms with Gasteiger partial charge in [0.05, 0.1) is 23.2 Å². The summed E-state index contributed by atoms with van der Waals surface area (Å²) in [5, 5.41) is 1.71. The SMILES string of the molecule is COC(=O)Cn1c(=NC(=O)C2CCCN(S(=O)(=O)c3cccs3)C2)sc2cc3c(cc21)OCCO3. The molecule has 0 saturated carbocycles. The van der Waals surface area contributed by atoms with Gasteiger partial charge < -0.3 is 18.8 Å². The Morgan fingerprint density at radius 3 is 2.71 bits per heavy atom. The monoisotopic (exact) mass is 537 g/mol. The minimum absolute atomic E-state index is 0.0699. The fourth-order valence-corrected chi connectivity index (χ4v) is 7.84. The minimum atomic E-state index is -3.65. The van der Waals surface area contributed by atoms with Gasteiger partial charge in [0.1, 0.15) is 24.0 Å². The number of piperidine rings is 1. The van der Waals surface area contributed by atoms with Gasteiger partial charge in [0.15, 0.2) is 16.3 Å². The first-order chi connectivity index (χ1) is 16.9. The van der Waals surface area contributed by atoms with Gasteiger partial charge in [-0.2, -0.15) is 9.30 Å². The maximum absolute atomic E-state index is 13.2. The fraction of sp³-hybridized carbons (Fsp3) is 0.409. The summed E-state index contributed by atoms with van der Waals surface area (Å²) in [6.45, 7) is 1.16. The lowest BCUT2D eigenvalue weighted by molar-refractivity contribution is -0.141. The van der Waals surface area contributed by atoms with Crippen LogP contribution in [0.3, 0.4) is 0 Å². The van der Waals surface area contributed by atoms with Gasteiger partial charge in [0.25, 0.3) is 15.9 Å². The van der Waals surface area contributed by atoms with Crippen molar-refractivity contribution in [3.05, 3.63) is 34.4 Å². The molecule has 1 aromatic carbocycles. The van der Waals surface area contributed by atoms with Crippen molar-refractivity contribution in [1.29, 1.82) is 0 Å². The van der Waals surface area contributed by atoms with Gasteiger partial charge in [0, 0.05) is 25.2 Å². The van der Waals surface area contributed by atoms with E-state index < -0.39 is 27.8 Å². The molecule has 10 nitrogen and oxygen atoms in total. The number of benzene rings is 1. The first-order valence-electron chi connectivity index (χ1n) is 11.0. The van der Waals surface area contributed by atoms with E-state index in [1.165, 1.54) is 22.8 Å². The predicted octanol–water partition coefficient (Wildman–Crippen LogP) is 2.24. The van der Waals surface area contributed by atoms with E-state index in [0.717, 1.165) is 16.0 Å². The normalized spacial score (nSPS) is 19.1. The van der Waals surface area contributed by atoms with E-state index in [2.05, 4.69) is 4.99 Å².